The van der Waals surface area contributed by atoms with E-state index in [1.54, 1.807) is 0 Å². The topological polar surface area (TPSA) is 29.1 Å². The Kier molecular flexibility index (Phi) is 4.00. The Bertz CT molecular complexity index is 570. The monoisotopic (exact) mass is 253 g/mol. The van der Waals surface area contributed by atoms with E-state index in [0.29, 0.717) is 5.92 Å². The minimum Gasteiger partial charge on any atom is -0.322 e. The van der Waals surface area contributed by atoms with Crippen molar-refractivity contribution in [2.75, 3.05) is 5.32 Å². The maximum atomic E-state index is 12.1. The molecule has 0 aliphatic heterocycles. The van der Waals surface area contributed by atoms with Crippen LogP contribution >= 0.6 is 0 Å². The van der Waals surface area contributed by atoms with E-state index < -0.39 is 0 Å². The molecule has 0 aliphatic carbocycles. The Hall–Kier alpha value is -2.09. The zero-order valence-electron chi connectivity index (χ0n) is 11.6. The summed E-state index contributed by atoms with van der Waals surface area (Å²) < 4.78 is 0. The van der Waals surface area contributed by atoms with Crippen molar-refractivity contribution >= 4 is 11.6 Å². The molecule has 1 amide bonds. The average molecular weight is 253 g/mol. The highest BCUT2D eigenvalue weighted by Gasteiger charge is 2.08. The molecule has 0 saturated heterocycles. The number of carbonyl (C=O) groups is 1. The molecule has 0 aliphatic rings. The predicted octanol–water partition coefficient (Wildman–Crippen LogP) is 4.37. The molecule has 0 unspecified atom stereocenters. The van der Waals surface area contributed by atoms with Crippen LogP contribution in [0.1, 0.15) is 41.3 Å². The van der Waals surface area contributed by atoms with Gasteiger partial charge in [0.2, 0.25) is 0 Å². The van der Waals surface area contributed by atoms with Gasteiger partial charge in [0.15, 0.2) is 0 Å². The van der Waals surface area contributed by atoms with Crippen LogP contribution in [0.5, 0.6) is 0 Å². The molecule has 0 bridgehead atoms. The van der Waals surface area contributed by atoms with Crippen molar-refractivity contribution in [1.29, 1.82) is 0 Å². The second kappa shape index (κ2) is 5.70. The summed E-state index contributed by atoms with van der Waals surface area (Å²) in [5.74, 6) is 0.441. The Labute approximate surface area is 114 Å². The number of aryl methyl sites for hydroxylation is 1. The number of hydrogen-bond acceptors (Lipinski definition) is 1. The van der Waals surface area contributed by atoms with Crippen molar-refractivity contribution in [2.24, 2.45) is 0 Å². The van der Waals surface area contributed by atoms with E-state index in [0.717, 1.165) is 16.8 Å². The smallest absolute Gasteiger partial charge is 0.255 e. The third-order valence-electron chi connectivity index (χ3n) is 3.22. The maximum Gasteiger partial charge on any atom is 0.255 e. The number of rotatable bonds is 3. The van der Waals surface area contributed by atoms with Gasteiger partial charge in [0.05, 0.1) is 0 Å². The third-order valence-corrected chi connectivity index (χ3v) is 3.22. The minimum absolute atomic E-state index is 0.0598. The van der Waals surface area contributed by atoms with Crippen LogP contribution in [0, 0.1) is 6.92 Å². The molecule has 0 heterocycles. The van der Waals surface area contributed by atoms with E-state index in [2.05, 4.69) is 31.3 Å². The molecule has 1 N–H and O–H groups in total. The molecular weight excluding hydrogens is 234 g/mol. The molecule has 0 aromatic heterocycles. The molecule has 0 atom stereocenters. The van der Waals surface area contributed by atoms with Gasteiger partial charge >= 0.3 is 0 Å². The summed E-state index contributed by atoms with van der Waals surface area (Å²) in [6.45, 7) is 6.25. The molecule has 0 fully saturated rings. The summed E-state index contributed by atoms with van der Waals surface area (Å²) >= 11 is 0. The highest BCUT2D eigenvalue weighted by molar-refractivity contribution is 6.05. The van der Waals surface area contributed by atoms with E-state index >= 15 is 0 Å². The zero-order valence-corrected chi connectivity index (χ0v) is 11.6. The van der Waals surface area contributed by atoms with Gasteiger partial charge in [0.25, 0.3) is 5.91 Å². The van der Waals surface area contributed by atoms with Crippen LogP contribution in [0.4, 0.5) is 5.69 Å². The Morgan fingerprint density at radius 2 is 1.63 bits per heavy atom. The van der Waals surface area contributed by atoms with Gasteiger partial charge in [-0.25, -0.2) is 0 Å². The summed E-state index contributed by atoms with van der Waals surface area (Å²) in [5.41, 5.74) is 3.81. The van der Waals surface area contributed by atoms with E-state index in [1.807, 2.05) is 43.3 Å². The second-order valence-electron chi connectivity index (χ2n) is 5.05. The van der Waals surface area contributed by atoms with Crippen molar-refractivity contribution < 1.29 is 4.79 Å². The van der Waals surface area contributed by atoms with Gasteiger partial charge in [-0.3, -0.25) is 4.79 Å². The number of carbonyl (C=O) groups excluding carboxylic acids is 1. The van der Waals surface area contributed by atoms with Crippen molar-refractivity contribution in [2.45, 2.75) is 26.7 Å². The molecule has 0 spiro atoms. The first-order chi connectivity index (χ1) is 9.08. The van der Waals surface area contributed by atoms with Crippen LogP contribution in [0.2, 0.25) is 0 Å². The SMILES string of the molecule is Cc1ccccc1C(=O)Nc1ccc(C(C)C)cc1. The van der Waals surface area contributed by atoms with Crippen LogP contribution in [-0.4, -0.2) is 5.91 Å². The highest BCUT2D eigenvalue weighted by Crippen LogP contribution is 2.18. The van der Waals surface area contributed by atoms with Crippen LogP contribution in [-0.2, 0) is 0 Å². The summed E-state index contributed by atoms with van der Waals surface area (Å²) in [6.07, 6.45) is 0. The van der Waals surface area contributed by atoms with Crippen molar-refractivity contribution in [3.8, 4) is 0 Å². The summed E-state index contributed by atoms with van der Waals surface area (Å²) in [5, 5.41) is 2.93. The van der Waals surface area contributed by atoms with Crippen LogP contribution in [0.25, 0.3) is 0 Å². The van der Waals surface area contributed by atoms with Crippen LogP contribution < -0.4 is 5.32 Å². The van der Waals surface area contributed by atoms with Gasteiger partial charge in [-0.05, 0) is 42.2 Å². The molecule has 0 saturated carbocycles. The largest absolute Gasteiger partial charge is 0.322 e. The number of anilines is 1. The molecular formula is C17H19NO. The summed E-state index contributed by atoms with van der Waals surface area (Å²) in [6, 6.07) is 15.6. The lowest BCUT2D eigenvalue weighted by Crippen LogP contribution is -2.13. The van der Waals surface area contributed by atoms with E-state index in [4.69, 9.17) is 0 Å². The molecule has 2 aromatic carbocycles. The lowest BCUT2D eigenvalue weighted by molar-refractivity contribution is 0.102. The third kappa shape index (κ3) is 3.22. The first-order valence-corrected chi connectivity index (χ1v) is 6.55. The lowest BCUT2D eigenvalue weighted by Gasteiger charge is -2.09. The van der Waals surface area contributed by atoms with Crippen LogP contribution in [0.15, 0.2) is 48.5 Å². The van der Waals surface area contributed by atoms with Gasteiger partial charge in [-0.1, -0.05) is 44.2 Å². The van der Waals surface area contributed by atoms with Gasteiger partial charge < -0.3 is 5.32 Å². The van der Waals surface area contributed by atoms with Gasteiger partial charge in [0, 0.05) is 11.3 Å². The average Bonchev–Trinajstić information content (AvgIpc) is 2.39. The first-order valence-electron chi connectivity index (χ1n) is 6.55. The second-order valence-corrected chi connectivity index (χ2v) is 5.05. The lowest BCUT2D eigenvalue weighted by atomic mass is 10.0. The number of nitrogens with one attached hydrogen (secondary N) is 1. The van der Waals surface area contributed by atoms with Gasteiger partial charge in [0.1, 0.15) is 0 Å². The molecule has 0 radical (unpaired) electrons. The molecule has 2 nitrogen and oxygen atoms in total. The predicted molar refractivity (Wildman–Crippen MR) is 79.7 cm³/mol. The Morgan fingerprint density at radius 1 is 1.00 bits per heavy atom. The standard InChI is InChI=1S/C17H19NO/c1-12(2)14-8-10-15(11-9-14)18-17(19)16-7-5-4-6-13(16)3/h4-12H,1-3H3,(H,18,19). The quantitative estimate of drug-likeness (QED) is 0.864. The fourth-order valence-corrected chi connectivity index (χ4v) is 1.98. The van der Waals surface area contributed by atoms with E-state index in [9.17, 15) is 4.79 Å². The molecule has 19 heavy (non-hydrogen) atoms. The highest BCUT2D eigenvalue weighted by atomic mass is 16.1. The van der Waals surface area contributed by atoms with Gasteiger partial charge in [-0.2, -0.15) is 0 Å². The van der Waals surface area contributed by atoms with E-state index in [-0.39, 0.29) is 5.91 Å². The summed E-state index contributed by atoms with van der Waals surface area (Å²) in [7, 11) is 0. The minimum atomic E-state index is -0.0598. The van der Waals surface area contributed by atoms with Gasteiger partial charge in [-0.15, -0.1) is 0 Å². The first kappa shape index (κ1) is 13.3. The molecule has 2 aromatic rings. The molecule has 2 heteroatoms. The fourth-order valence-electron chi connectivity index (χ4n) is 1.98. The normalized spacial score (nSPS) is 10.5. The molecule has 98 valence electrons. The fraction of sp³-hybridized carbons (Fsp3) is 0.235. The number of hydrogen-bond donors (Lipinski definition) is 1. The number of amides is 1. The molecule has 2 rings (SSSR count). The number of benzene rings is 2. The Morgan fingerprint density at radius 3 is 2.21 bits per heavy atom. The van der Waals surface area contributed by atoms with E-state index in [1.165, 1.54) is 5.56 Å². The zero-order chi connectivity index (χ0) is 13.8. The van der Waals surface area contributed by atoms with Crippen LogP contribution in [0.3, 0.4) is 0 Å². The summed E-state index contributed by atoms with van der Waals surface area (Å²) in [4.78, 5) is 12.1. The van der Waals surface area contributed by atoms with Crippen molar-refractivity contribution in [1.82, 2.24) is 0 Å². The maximum absolute atomic E-state index is 12.1. The Balaban J connectivity index is 2.13. The van der Waals surface area contributed by atoms with Crippen molar-refractivity contribution in [3.63, 3.8) is 0 Å². The van der Waals surface area contributed by atoms with Crippen molar-refractivity contribution in [3.05, 3.63) is 65.2 Å².